The van der Waals surface area contributed by atoms with Crippen molar-refractivity contribution in [3.63, 3.8) is 0 Å². The third-order valence-corrected chi connectivity index (χ3v) is 2.76. The SMILES string of the molecule is F[C@H](Br)[C@@H](Br)C(F)(F)F. The van der Waals surface area contributed by atoms with E-state index in [0.29, 0.717) is 0 Å². The second-order valence-corrected chi connectivity index (χ2v) is 3.14. The summed E-state index contributed by atoms with van der Waals surface area (Å²) < 4.78 is 45.9. The fourth-order valence-corrected chi connectivity index (χ4v) is 0.443. The Kier molecular flexibility index (Phi) is 3.42. The summed E-state index contributed by atoms with van der Waals surface area (Å²) in [6.07, 6.45) is -4.52. The highest BCUT2D eigenvalue weighted by Gasteiger charge is 2.42. The van der Waals surface area contributed by atoms with Gasteiger partial charge >= 0.3 is 6.18 Å². The van der Waals surface area contributed by atoms with Crippen molar-refractivity contribution in [1.82, 2.24) is 0 Å². The molecule has 2 atom stereocenters. The lowest BCUT2D eigenvalue weighted by molar-refractivity contribution is -0.131. The van der Waals surface area contributed by atoms with Gasteiger partial charge in [-0.05, 0) is 0 Å². The average Bonchev–Trinajstić information content (AvgIpc) is 1.62. The molecule has 0 radical (unpaired) electrons. The molecule has 0 amide bonds. The number of hydrogen-bond donors (Lipinski definition) is 0. The molecule has 0 N–H and O–H groups in total. The Morgan fingerprint density at radius 1 is 1.11 bits per heavy atom. The molecule has 0 saturated heterocycles. The van der Waals surface area contributed by atoms with Crippen LogP contribution in [0.5, 0.6) is 0 Å². The first-order valence-electron chi connectivity index (χ1n) is 1.84. The second-order valence-electron chi connectivity index (χ2n) is 1.28. The van der Waals surface area contributed by atoms with Gasteiger partial charge in [-0.15, -0.1) is 0 Å². The van der Waals surface area contributed by atoms with Gasteiger partial charge in [0.25, 0.3) is 0 Å². The van der Waals surface area contributed by atoms with Crippen molar-refractivity contribution >= 4 is 31.9 Å². The minimum atomic E-state index is -4.52. The van der Waals surface area contributed by atoms with E-state index in [4.69, 9.17) is 0 Å². The Labute approximate surface area is 65.9 Å². The van der Waals surface area contributed by atoms with E-state index in [0.717, 1.165) is 0 Å². The van der Waals surface area contributed by atoms with Crippen molar-refractivity contribution < 1.29 is 17.6 Å². The monoisotopic (exact) mass is 272 g/mol. The van der Waals surface area contributed by atoms with Gasteiger partial charge in [-0.2, -0.15) is 13.2 Å². The van der Waals surface area contributed by atoms with Gasteiger partial charge in [0.2, 0.25) is 0 Å². The predicted octanol–water partition coefficient (Wildman–Crippen LogP) is 3.00. The van der Waals surface area contributed by atoms with Gasteiger partial charge in [0.1, 0.15) is 0 Å². The first kappa shape index (κ1) is 9.68. The second kappa shape index (κ2) is 3.18. The van der Waals surface area contributed by atoms with Crippen LogP contribution in [0.15, 0.2) is 0 Å². The Bertz CT molecular complexity index is 88.3. The van der Waals surface area contributed by atoms with Crippen molar-refractivity contribution in [1.29, 1.82) is 0 Å². The summed E-state index contributed by atoms with van der Waals surface area (Å²) in [6, 6.07) is 0. The molecule has 6 heteroatoms. The highest BCUT2D eigenvalue weighted by Crippen LogP contribution is 2.32. The summed E-state index contributed by atoms with van der Waals surface area (Å²) in [7, 11) is 0. The first-order chi connectivity index (χ1) is 3.85. The summed E-state index contributed by atoms with van der Waals surface area (Å²) >= 11 is 4.26. The normalized spacial score (nSPS) is 19.3. The number of halogens is 6. The Hall–Kier alpha value is 0.680. The van der Waals surface area contributed by atoms with Crippen molar-refractivity contribution in [3.05, 3.63) is 0 Å². The van der Waals surface area contributed by atoms with Crippen molar-refractivity contribution in [2.75, 3.05) is 0 Å². The molecule has 0 unspecified atom stereocenters. The fraction of sp³-hybridized carbons (Fsp3) is 1.00. The van der Waals surface area contributed by atoms with Gasteiger partial charge < -0.3 is 0 Å². The van der Waals surface area contributed by atoms with E-state index in [9.17, 15) is 17.6 Å². The van der Waals surface area contributed by atoms with Crippen LogP contribution >= 0.6 is 31.9 Å². The molecular weight excluding hydrogens is 272 g/mol. The van der Waals surface area contributed by atoms with Crippen molar-refractivity contribution in [2.45, 2.75) is 16.1 Å². The van der Waals surface area contributed by atoms with Crippen molar-refractivity contribution in [2.24, 2.45) is 0 Å². The van der Waals surface area contributed by atoms with Crippen LogP contribution in [0.2, 0.25) is 0 Å². The molecule has 0 aromatic rings. The Morgan fingerprint density at radius 3 is 1.44 bits per heavy atom. The minimum absolute atomic E-state index is 2.09. The van der Waals surface area contributed by atoms with Crippen LogP contribution in [0.3, 0.4) is 0 Å². The van der Waals surface area contributed by atoms with E-state index in [2.05, 4.69) is 31.9 Å². The Morgan fingerprint density at radius 2 is 1.44 bits per heavy atom. The van der Waals surface area contributed by atoms with Crippen molar-refractivity contribution in [3.8, 4) is 0 Å². The van der Waals surface area contributed by atoms with Crippen LogP contribution < -0.4 is 0 Å². The van der Waals surface area contributed by atoms with Crippen LogP contribution in [0.4, 0.5) is 17.6 Å². The van der Waals surface area contributed by atoms with Gasteiger partial charge in [0, 0.05) is 0 Å². The minimum Gasteiger partial charge on any atom is -0.233 e. The number of rotatable bonds is 1. The average molecular weight is 274 g/mol. The standard InChI is InChI=1S/C3H2Br2F4/c4-1(2(5)6)3(7,8)9/h1-2H/t1-,2+/m1/s1. The highest BCUT2D eigenvalue weighted by atomic mass is 79.9. The molecule has 0 saturated carbocycles. The number of alkyl halides is 6. The molecule has 0 aliphatic heterocycles. The van der Waals surface area contributed by atoms with Crippen LogP contribution in [-0.4, -0.2) is 16.1 Å². The quantitative estimate of drug-likeness (QED) is 0.509. The maximum atomic E-state index is 11.7. The topological polar surface area (TPSA) is 0 Å². The number of hydrogen-bond acceptors (Lipinski definition) is 0. The maximum Gasteiger partial charge on any atom is 0.404 e. The highest BCUT2D eigenvalue weighted by molar-refractivity contribution is 9.12. The lowest BCUT2D eigenvalue weighted by Crippen LogP contribution is -2.28. The molecule has 0 aromatic carbocycles. The molecular formula is C3H2Br2F4. The van der Waals surface area contributed by atoms with Crippen LogP contribution in [-0.2, 0) is 0 Å². The first-order valence-corrected chi connectivity index (χ1v) is 3.67. The van der Waals surface area contributed by atoms with Gasteiger partial charge in [0.05, 0.1) is 0 Å². The molecule has 0 bridgehead atoms. The van der Waals surface area contributed by atoms with E-state index in [-0.39, 0.29) is 0 Å². The molecule has 0 heterocycles. The van der Waals surface area contributed by atoms with Crippen LogP contribution in [0.25, 0.3) is 0 Å². The zero-order valence-corrected chi connectivity index (χ0v) is 7.09. The molecule has 0 aliphatic rings. The largest absolute Gasteiger partial charge is 0.404 e. The van der Waals surface area contributed by atoms with Gasteiger partial charge in [0.15, 0.2) is 9.91 Å². The third-order valence-electron chi connectivity index (χ3n) is 0.534. The molecule has 0 fully saturated rings. The molecule has 9 heavy (non-hydrogen) atoms. The van der Waals surface area contributed by atoms with E-state index >= 15 is 0 Å². The molecule has 0 spiro atoms. The zero-order valence-electron chi connectivity index (χ0n) is 3.92. The van der Waals surface area contributed by atoms with E-state index in [1.807, 2.05) is 0 Å². The lowest BCUT2D eigenvalue weighted by Gasteiger charge is -2.12. The van der Waals surface area contributed by atoms with Gasteiger partial charge in [-0.25, -0.2) is 4.39 Å². The molecule has 0 nitrogen and oxygen atoms in total. The van der Waals surface area contributed by atoms with Crippen LogP contribution in [0, 0.1) is 0 Å². The summed E-state index contributed by atoms with van der Waals surface area (Å²) in [5, 5.41) is -2.09. The van der Waals surface area contributed by atoms with E-state index in [1.54, 1.807) is 0 Å². The lowest BCUT2D eigenvalue weighted by atomic mass is 10.5. The van der Waals surface area contributed by atoms with Gasteiger partial charge in [-0.3, -0.25) is 0 Å². The molecule has 0 rings (SSSR count). The van der Waals surface area contributed by atoms with E-state index < -0.39 is 16.1 Å². The molecule has 0 aromatic heterocycles. The summed E-state index contributed by atoms with van der Waals surface area (Å²) in [6.45, 7) is 0. The Balaban J connectivity index is 3.88. The summed E-state index contributed by atoms with van der Waals surface area (Å²) in [5.74, 6) is 0. The molecule has 56 valence electrons. The predicted molar refractivity (Wildman–Crippen MR) is 32.6 cm³/mol. The summed E-state index contributed by atoms with van der Waals surface area (Å²) in [5.41, 5.74) is 0. The van der Waals surface area contributed by atoms with Gasteiger partial charge in [-0.1, -0.05) is 31.9 Å². The summed E-state index contributed by atoms with van der Waals surface area (Å²) in [4.78, 5) is -2.12. The van der Waals surface area contributed by atoms with Crippen LogP contribution in [0.1, 0.15) is 0 Å². The van der Waals surface area contributed by atoms with E-state index in [1.165, 1.54) is 0 Å². The zero-order chi connectivity index (χ0) is 7.65. The fourth-order valence-electron chi connectivity index (χ4n) is 0.143. The molecule has 0 aliphatic carbocycles. The maximum absolute atomic E-state index is 11.7. The smallest absolute Gasteiger partial charge is 0.233 e. The third kappa shape index (κ3) is 3.40.